The van der Waals surface area contributed by atoms with Crippen molar-refractivity contribution in [2.75, 3.05) is 6.54 Å². The number of sulfonamides is 1. The lowest BCUT2D eigenvalue weighted by Crippen LogP contribution is -2.38. The van der Waals surface area contributed by atoms with Gasteiger partial charge < -0.3 is 5.11 Å². The van der Waals surface area contributed by atoms with Gasteiger partial charge in [0.2, 0.25) is 10.0 Å². The molecule has 26 heavy (non-hydrogen) atoms. The average molecular weight is 382 g/mol. The Labute approximate surface area is 154 Å². The molecule has 0 amide bonds. The van der Waals surface area contributed by atoms with Gasteiger partial charge in [0, 0.05) is 19.0 Å². The first-order valence-corrected chi connectivity index (χ1v) is 10.6. The zero-order valence-electron chi connectivity index (χ0n) is 14.8. The highest BCUT2D eigenvalue weighted by Gasteiger charge is 2.35. The Balaban J connectivity index is 1.93. The summed E-state index contributed by atoms with van der Waals surface area (Å²) in [7, 11) is -3.44. The SMILES string of the molecule is O=NC(CCCCC(=O)O)CC1CCCN1S(=O)(=O)Cc1ccccc1. The summed E-state index contributed by atoms with van der Waals surface area (Å²) in [6.45, 7) is 0.477. The molecular formula is C18H26N2O5S. The number of aliphatic carboxylic acids is 1. The van der Waals surface area contributed by atoms with Crippen LogP contribution in [0.5, 0.6) is 0 Å². The van der Waals surface area contributed by atoms with E-state index in [0.29, 0.717) is 32.2 Å². The standard InChI is InChI=1S/C18H26N2O5S/c21-18(22)11-5-4-9-16(19-23)13-17-10-6-12-20(17)26(24,25)14-15-7-2-1-3-8-15/h1-3,7-8,16-17H,4-6,9-14H2,(H,21,22). The molecule has 1 aromatic carbocycles. The zero-order chi connectivity index (χ0) is 19.0. The van der Waals surface area contributed by atoms with Crippen LogP contribution in [0, 0.1) is 4.91 Å². The van der Waals surface area contributed by atoms with Gasteiger partial charge in [-0.1, -0.05) is 41.9 Å². The van der Waals surface area contributed by atoms with Crippen molar-refractivity contribution in [1.82, 2.24) is 4.31 Å². The van der Waals surface area contributed by atoms with Crippen LogP contribution < -0.4 is 0 Å². The van der Waals surface area contributed by atoms with Gasteiger partial charge in [-0.25, -0.2) is 8.42 Å². The summed E-state index contributed by atoms with van der Waals surface area (Å²) in [5.41, 5.74) is 0.747. The summed E-state index contributed by atoms with van der Waals surface area (Å²) in [5.74, 6) is -0.892. The molecule has 1 N–H and O–H groups in total. The first kappa shape index (κ1) is 20.5. The maximum atomic E-state index is 12.8. The van der Waals surface area contributed by atoms with Gasteiger partial charge in [0.1, 0.15) is 0 Å². The number of hydrogen-bond acceptors (Lipinski definition) is 5. The lowest BCUT2D eigenvalue weighted by atomic mass is 10.0. The van der Waals surface area contributed by atoms with Gasteiger partial charge in [-0.15, -0.1) is 0 Å². The van der Waals surface area contributed by atoms with Gasteiger partial charge in [-0.05, 0) is 37.7 Å². The summed E-state index contributed by atoms with van der Waals surface area (Å²) >= 11 is 0. The largest absolute Gasteiger partial charge is 0.481 e. The highest BCUT2D eigenvalue weighted by Crippen LogP contribution is 2.28. The van der Waals surface area contributed by atoms with E-state index in [1.165, 1.54) is 4.31 Å². The number of nitroso groups, excluding NO2 is 1. The first-order valence-electron chi connectivity index (χ1n) is 9.00. The van der Waals surface area contributed by atoms with E-state index in [0.717, 1.165) is 18.4 Å². The van der Waals surface area contributed by atoms with Gasteiger partial charge in [0.05, 0.1) is 11.8 Å². The van der Waals surface area contributed by atoms with E-state index in [1.54, 1.807) is 12.1 Å². The van der Waals surface area contributed by atoms with Crippen molar-refractivity contribution in [1.29, 1.82) is 0 Å². The molecule has 0 saturated carbocycles. The Morgan fingerprint density at radius 1 is 1.27 bits per heavy atom. The Morgan fingerprint density at radius 3 is 2.65 bits per heavy atom. The number of rotatable bonds is 11. The molecule has 1 saturated heterocycles. The molecule has 0 radical (unpaired) electrons. The quantitative estimate of drug-likeness (QED) is 0.468. The minimum Gasteiger partial charge on any atom is -0.481 e. The van der Waals surface area contributed by atoms with E-state index in [1.807, 2.05) is 18.2 Å². The van der Waals surface area contributed by atoms with Crippen molar-refractivity contribution in [3.05, 3.63) is 40.8 Å². The molecule has 2 rings (SSSR count). The maximum Gasteiger partial charge on any atom is 0.303 e. The molecule has 0 bridgehead atoms. The van der Waals surface area contributed by atoms with Crippen LogP contribution in [0.25, 0.3) is 0 Å². The van der Waals surface area contributed by atoms with Crippen molar-refractivity contribution < 1.29 is 18.3 Å². The Bertz CT molecular complexity index is 693. The van der Waals surface area contributed by atoms with Crippen LogP contribution in [-0.4, -0.2) is 42.4 Å². The van der Waals surface area contributed by atoms with Gasteiger partial charge in [-0.3, -0.25) is 4.79 Å². The summed E-state index contributed by atoms with van der Waals surface area (Å²) in [4.78, 5) is 21.7. The van der Waals surface area contributed by atoms with Crippen molar-refractivity contribution >= 4 is 16.0 Å². The maximum absolute atomic E-state index is 12.8. The Morgan fingerprint density at radius 2 is 2.00 bits per heavy atom. The second-order valence-corrected chi connectivity index (χ2v) is 8.70. The molecule has 8 heteroatoms. The van der Waals surface area contributed by atoms with Crippen LogP contribution in [0.3, 0.4) is 0 Å². The van der Waals surface area contributed by atoms with E-state index in [-0.39, 0.29) is 18.2 Å². The predicted molar refractivity (Wildman–Crippen MR) is 99.1 cm³/mol. The van der Waals surface area contributed by atoms with Crippen LogP contribution in [0.2, 0.25) is 0 Å². The van der Waals surface area contributed by atoms with Crippen molar-refractivity contribution in [3.63, 3.8) is 0 Å². The number of unbranched alkanes of at least 4 members (excludes halogenated alkanes) is 1. The number of nitrogens with zero attached hydrogens (tertiary/aromatic N) is 2. The molecule has 1 aromatic rings. The molecule has 2 unspecified atom stereocenters. The molecule has 1 fully saturated rings. The monoisotopic (exact) mass is 382 g/mol. The summed E-state index contributed by atoms with van der Waals surface area (Å²) < 4.78 is 27.1. The predicted octanol–water partition coefficient (Wildman–Crippen LogP) is 3.15. The second-order valence-electron chi connectivity index (χ2n) is 6.78. The molecule has 7 nitrogen and oxygen atoms in total. The number of carbonyl (C=O) groups is 1. The number of benzene rings is 1. The average Bonchev–Trinajstić information content (AvgIpc) is 3.07. The minimum atomic E-state index is -3.44. The highest BCUT2D eigenvalue weighted by molar-refractivity contribution is 7.88. The number of hydrogen-bond donors (Lipinski definition) is 1. The lowest BCUT2D eigenvalue weighted by Gasteiger charge is -2.25. The third-order valence-electron chi connectivity index (χ3n) is 4.74. The molecule has 1 heterocycles. The molecule has 2 atom stereocenters. The molecule has 0 aliphatic carbocycles. The molecule has 0 aromatic heterocycles. The zero-order valence-corrected chi connectivity index (χ0v) is 15.6. The number of carboxylic acids is 1. The van der Waals surface area contributed by atoms with E-state index in [2.05, 4.69) is 5.18 Å². The summed E-state index contributed by atoms with van der Waals surface area (Å²) in [5, 5.41) is 11.8. The summed E-state index contributed by atoms with van der Waals surface area (Å²) in [6, 6.07) is 8.39. The minimum absolute atomic E-state index is 0.0395. The molecule has 144 valence electrons. The van der Waals surface area contributed by atoms with Crippen LogP contribution in [0.1, 0.15) is 50.5 Å². The van der Waals surface area contributed by atoms with Crippen molar-refractivity contribution in [2.24, 2.45) is 5.18 Å². The Hall–Kier alpha value is -1.80. The van der Waals surface area contributed by atoms with Gasteiger partial charge in [-0.2, -0.15) is 9.21 Å². The van der Waals surface area contributed by atoms with Gasteiger partial charge in [0.15, 0.2) is 0 Å². The van der Waals surface area contributed by atoms with Crippen LogP contribution in [-0.2, 0) is 20.6 Å². The molecule has 0 spiro atoms. The molecular weight excluding hydrogens is 356 g/mol. The second kappa shape index (κ2) is 9.78. The fraction of sp³-hybridized carbons (Fsp3) is 0.611. The van der Waals surface area contributed by atoms with E-state index < -0.39 is 22.0 Å². The highest BCUT2D eigenvalue weighted by atomic mass is 32.2. The van der Waals surface area contributed by atoms with Gasteiger partial charge in [0.25, 0.3) is 0 Å². The van der Waals surface area contributed by atoms with Crippen molar-refractivity contribution in [3.8, 4) is 0 Å². The van der Waals surface area contributed by atoms with Crippen molar-refractivity contribution in [2.45, 2.75) is 62.8 Å². The van der Waals surface area contributed by atoms with Crippen LogP contribution >= 0.6 is 0 Å². The fourth-order valence-corrected chi connectivity index (χ4v) is 5.30. The topological polar surface area (TPSA) is 104 Å². The van der Waals surface area contributed by atoms with Crippen LogP contribution in [0.15, 0.2) is 35.5 Å². The van der Waals surface area contributed by atoms with E-state index >= 15 is 0 Å². The molecule has 1 aliphatic heterocycles. The van der Waals surface area contributed by atoms with E-state index in [9.17, 15) is 18.1 Å². The third kappa shape index (κ3) is 6.17. The smallest absolute Gasteiger partial charge is 0.303 e. The first-order chi connectivity index (χ1) is 12.4. The Kier molecular flexibility index (Phi) is 7.71. The normalized spacial score (nSPS) is 19.3. The molecule has 1 aliphatic rings. The fourth-order valence-electron chi connectivity index (χ4n) is 3.46. The van der Waals surface area contributed by atoms with Gasteiger partial charge >= 0.3 is 5.97 Å². The summed E-state index contributed by atoms with van der Waals surface area (Å²) in [6.07, 6.45) is 3.60. The van der Waals surface area contributed by atoms with Crippen LogP contribution in [0.4, 0.5) is 0 Å². The number of carboxylic acid groups (broad SMARTS) is 1. The van der Waals surface area contributed by atoms with E-state index in [4.69, 9.17) is 5.11 Å². The lowest BCUT2D eigenvalue weighted by molar-refractivity contribution is -0.137. The third-order valence-corrected chi connectivity index (χ3v) is 6.64.